The van der Waals surface area contributed by atoms with Crippen LogP contribution in [0, 0.1) is 10.5 Å². The van der Waals surface area contributed by atoms with Crippen molar-refractivity contribution in [3.8, 4) is 0 Å². The maximum Gasteiger partial charge on any atom is 0.0714 e. The molecule has 0 N–H and O–H groups in total. The van der Waals surface area contributed by atoms with Crippen molar-refractivity contribution in [2.75, 3.05) is 0 Å². The Labute approximate surface area is 98.8 Å². The number of hydrogen-bond acceptors (Lipinski definition) is 1. The molecule has 3 heteroatoms. The van der Waals surface area contributed by atoms with Crippen molar-refractivity contribution >= 4 is 49.4 Å². The molecule has 1 aromatic carbocycles. The van der Waals surface area contributed by atoms with E-state index in [1.54, 1.807) is 0 Å². The van der Waals surface area contributed by atoms with Gasteiger partial charge in [-0.3, -0.25) is 4.98 Å². The van der Waals surface area contributed by atoms with Gasteiger partial charge in [0.25, 0.3) is 0 Å². The topological polar surface area (TPSA) is 12.9 Å². The highest BCUT2D eigenvalue weighted by atomic mass is 127. The molecule has 0 aliphatic heterocycles. The Bertz CT molecular complexity index is 462. The van der Waals surface area contributed by atoms with Crippen LogP contribution >= 0.6 is 38.5 Å². The molecular formula is C10H7BrIN. The van der Waals surface area contributed by atoms with Crippen LogP contribution in [0.1, 0.15) is 5.56 Å². The summed E-state index contributed by atoms with van der Waals surface area (Å²) in [7, 11) is 0. The molecule has 0 bridgehead atoms. The Morgan fingerprint density at radius 3 is 2.92 bits per heavy atom. The second kappa shape index (κ2) is 3.53. The monoisotopic (exact) mass is 347 g/mol. The van der Waals surface area contributed by atoms with Crippen molar-refractivity contribution in [1.29, 1.82) is 0 Å². The van der Waals surface area contributed by atoms with Crippen molar-refractivity contribution in [2.45, 2.75) is 6.92 Å². The summed E-state index contributed by atoms with van der Waals surface area (Å²) in [5, 5.41) is 1.19. The zero-order chi connectivity index (χ0) is 9.42. The van der Waals surface area contributed by atoms with Crippen LogP contribution in [-0.4, -0.2) is 4.98 Å². The van der Waals surface area contributed by atoms with E-state index in [1.807, 2.05) is 12.3 Å². The van der Waals surface area contributed by atoms with Crippen LogP contribution in [0.15, 0.2) is 28.9 Å². The first-order chi connectivity index (χ1) is 6.18. The molecule has 0 spiro atoms. The fourth-order valence-electron chi connectivity index (χ4n) is 1.25. The maximum atomic E-state index is 4.35. The lowest BCUT2D eigenvalue weighted by molar-refractivity contribution is 1.36. The zero-order valence-corrected chi connectivity index (χ0v) is 10.8. The number of aromatic nitrogens is 1. The van der Waals surface area contributed by atoms with Gasteiger partial charge in [0.05, 0.1) is 5.52 Å². The van der Waals surface area contributed by atoms with E-state index in [1.165, 1.54) is 10.9 Å². The number of rotatable bonds is 0. The average Bonchev–Trinajstić information content (AvgIpc) is 2.12. The van der Waals surface area contributed by atoms with E-state index in [0.717, 1.165) is 13.6 Å². The van der Waals surface area contributed by atoms with Crippen LogP contribution in [0.3, 0.4) is 0 Å². The number of benzene rings is 1. The van der Waals surface area contributed by atoms with Crippen LogP contribution < -0.4 is 0 Å². The number of aryl methyl sites for hydroxylation is 1. The molecule has 66 valence electrons. The second-order valence-corrected chi connectivity index (χ2v) is 4.90. The summed E-state index contributed by atoms with van der Waals surface area (Å²) in [4.78, 5) is 4.35. The van der Waals surface area contributed by atoms with E-state index in [0.29, 0.717) is 0 Å². The number of halogens is 2. The zero-order valence-electron chi connectivity index (χ0n) is 7.01. The predicted molar refractivity (Wildman–Crippen MR) is 66.9 cm³/mol. The first-order valence-electron chi connectivity index (χ1n) is 3.89. The van der Waals surface area contributed by atoms with Crippen LogP contribution in [-0.2, 0) is 0 Å². The normalized spacial score (nSPS) is 10.7. The molecule has 0 aliphatic rings. The molecule has 0 amide bonds. The van der Waals surface area contributed by atoms with Crippen LogP contribution in [0.5, 0.6) is 0 Å². The maximum absolute atomic E-state index is 4.35. The average molecular weight is 348 g/mol. The van der Waals surface area contributed by atoms with Crippen molar-refractivity contribution in [3.63, 3.8) is 0 Å². The molecule has 0 atom stereocenters. The predicted octanol–water partition coefficient (Wildman–Crippen LogP) is 3.91. The Kier molecular flexibility index (Phi) is 2.55. The minimum absolute atomic E-state index is 1.04. The smallest absolute Gasteiger partial charge is 0.0714 e. The van der Waals surface area contributed by atoms with Crippen molar-refractivity contribution < 1.29 is 0 Å². The molecule has 2 rings (SSSR count). The van der Waals surface area contributed by atoms with Crippen LogP contribution in [0.4, 0.5) is 0 Å². The SMILES string of the molecule is Cc1ccc2ncc(I)c(Br)c2c1. The van der Waals surface area contributed by atoms with E-state index < -0.39 is 0 Å². The summed E-state index contributed by atoms with van der Waals surface area (Å²) in [6, 6.07) is 6.27. The van der Waals surface area contributed by atoms with E-state index in [9.17, 15) is 0 Å². The highest BCUT2D eigenvalue weighted by Gasteiger charge is 2.03. The molecule has 0 unspecified atom stereocenters. The highest BCUT2D eigenvalue weighted by Crippen LogP contribution is 2.27. The number of nitrogens with zero attached hydrogens (tertiary/aromatic N) is 1. The summed E-state index contributed by atoms with van der Waals surface area (Å²) in [5.74, 6) is 0. The third-order valence-electron chi connectivity index (χ3n) is 1.92. The van der Waals surface area contributed by atoms with Gasteiger partial charge < -0.3 is 0 Å². The molecule has 0 saturated heterocycles. The Hall–Kier alpha value is -0.160. The largest absolute Gasteiger partial charge is 0.255 e. The first kappa shape index (κ1) is 9.40. The fraction of sp³-hybridized carbons (Fsp3) is 0.100. The minimum Gasteiger partial charge on any atom is -0.255 e. The van der Waals surface area contributed by atoms with E-state index >= 15 is 0 Å². The molecule has 2 aromatic rings. The molecule has 0 saturated carbocycles. The van der Waals surface area contributed by atoms with Gasteiger partial charge in [0.2, 0.25) is 0 Å². The van der Waals surface area contributed by atoms with Gasteiger partial charge >= 0.3 is 0 Å². The number of hydrogen-bond donors (Lipinski definition) is 0. The van der Waals surface area contributed by atoms with Gasteiger partial charge in [-0.15, -0.1) is 0 Å². The van der Waals surface area contributed by atoms with Crippen LogP contribution in [0.25, 0.3) is 10.9 Å². The Morgan fingerprint density at radius 1 is 1.38 bits per heavy atom. The minimum atomic E-state index is 1.04. The third kappa shape index (κ3) is 1.72. The van der Waals surface area contributed by atoms with Gasteiger partial charge in [0, 0.05) is 19.6 Å². The number of pyridine rings is 1. The Morgan fingerprint density at radius 2 is 2.15 bits per heavy atom. The van der Waals surface area contributed by atoms with Crippen molar-refractivity contribution in [2.24, 2.45) is 0 Å². The first-order valence-corrected chi connectivity index (χ1v) is 5.76. The summed E-state index contributed by atoms with van der Waals surface area (Å²) >= 11 is 5.84. The molecule has 0 aliphatic carbocycles. The summed E-state index contributed by atoms with van der Waals surface area (Å²) in [6.07, 6.45) is 1.88. The van der Waals surface area contributed by atoms with Gasteiger partial charge in [0.15, 0.2) is 0 Å². The van der Waals surface area contributed by atoms with Gasteiger partial charge in [-0.2, -0.15) is 0 Å². The lowest BCUT2D eigenvalue weighted by Crippen LogP contribution is -1.84. The van der Waals surface area contributed by atoms with Gasteiger partial charge in [-0.05, 0) is 57.6 Å². The van der Waals surface area contributed by atoms with Crippen LogP contribution in [0.2, 0.25) is 0 Å². The van der Waals surface area contributed by atoms with Crippen molar-refractivity contribution in [3.05, 3.63) is 38.0 Å². The Balaban J connectivity index is 2.89. The standard InChI is InChI=1S/C10H7BrIN/c1-6-2-3-9-7(4-6)10(11)8(12)5-13-9/h2-5H,1H3. The molecule has 1 aromatic heterocycles. The van der Waals surface area contributed by atoms with Gasteiger partial charge in [-0.1, -0.05) is 11.6 Å². The fourth-order valence-corrected chi connectivity index (χ4v) is 2.10. The molecule has 13 heavy (non-hydrogen) atoms. The molecule has 0 radical (unpaired) electrons. The van der Waals surface area contributed by atoms with E-state index in [-0.39, 0.29) is 0 Å². The van der Waals surface area contributed by atoms with Gasteiger partial charge in [0.1, 0.15) is 0 Å². The summed E-state index contributed by atoms with van der Waals surface area (Å²) < 4.78 is 2.29. The second-order valence-electron chi connectivity index (χ2n) is 2.94. The molecular weight excluding hydrogens is 341 g/mol. The highest BCUT2D eigenvalue weighted by molar-refractivity contribution is 14.1. The quantitative estimate of drug-likeness (QED) is 0.658. The van der Waals surface area contributed by atoms with E-state index in [2.05, 4.69) is 62.6 Å². The van der Waals surface area contributed by atoms with E-state index in [4.69, 9.17) is 0 Å². The lowest BCUT2D eigenvalue weighted by Gasteiger charge is -2.02. The molecule has 0 fully saturated rings. The van der Waals surface area contributed by atoms with Crippen molar-refractivity contribution in [1.82, 2.24) is 4.98 Å². The molecule has 1 heterocycles. The summed E-state index contributed by atoms with van der Waals surface area (Å²) in [6.45, 7) is 2.09. The number of fused-ring (bicyclic) bond motifs is 1. The third-order valence-corrected chi connectivity index (χ3v) is 4.33. The van der Waals surface area contributed by atoms with Gasteiger partial charge in [-0.25, -0.2) is 0 Å². The molecule has 1 nitrogen and oxygen atoms in total. The summed E-state index contributed by atoms with van der Waals surface area (Å²) in [5.41, 5.74) is 2.30. The lowest BCUT2D eigenvalue weighted by atomic mass is 10.1.